The van der Waals surface area contributed by atoms with Crippen molar-refractivity contribution in [2.45, 2.75) is 39.5 Å². The normalized spacial score (nSPS) is 19.5. The Hall–Kier alpha value is -1.10. The van der Waals surface area contributed by atoms with Crippen molar-refractivity contribution in [3.8, 4) is 0 Å². The third kappa shape index (κ3) is 3.93. The first-order valence-corrected chi connectivity index (χ1v) is 7.95. The molecule has 1 aromatic heterocycles. The lowest BCUT2D eigenvalue weighted by molar-refractivity contribution is -0.142. The Bertz CT molecular complexity index is 419. The van der Waals surface area contributed by atoms with Crippen LogP contribution in [-0.4, -0.2) is 30.6 Å². The van der Waals surface area contributed by atoms with Gasteiger partial charge in [0, 0.05) is 18.5 Å². The number of carbonyl (C=O) groups is 1. The molecule has 5 heteroatoms. The molecule has 0 amide bonds. The van der Waals surface area contributed by atoms with Crippen LogP contribution in [0.1, 0.15) is 38.8 Å². The maximum atomic E-state index is 11.4. The van der Waals surface area contributed by atoms with Crippen LogP contribution in [0.2, 0.25) is 0 Å². The number of hydrogen-bond donors (Lipinski definition) is 0. The predicted molar refractivity (Wildman–Crippen MR) is 77.7 cm³/mol. The minimum Gasteiger partial charge on any atom is -0.466 e. The number of hydrogen-bond acceptors (Lipinski definition) is 5. The standard InChI is InChI=1S/C14H22N2O2S/c1-3-11-6-5-7-16(9-11)14-15-12(10-19-14)8-13(17)18-4-2/h10-11H,3-9H2,1-2H3. The van der Waals surface area contributed by atoms with Gasteiger partial charge < -0.3 is 9.64 Å². The van der Waals surface area contributed by atoms with E-state index in [1.807, 2.05) is 12.3 Å². The van der Waals surface area contributed by atoms with Crippen LogP contribution >= 0.6 is 11.3 Å². The summed E-state index contributed by atoms with van der Waals surface area (Å²) in [4.78, 5) is 18.4. The second-order valence-electron chi connectivity index (χ2n) is 4.97. The lowest BCUT2D eigenvalue weighted by atomic mass is 9.96. The summed E-state index contributed by atoms with van der Waals surface area (Å²) in [7, 11) is 0. The lowest BCUT2D eigenvalue weighted by Gasteiger charge is -2.31. The van der Waals surface area contributed by atoms with E-state index in [4.69, 9.17) is 4.74 Å². The molecule has 2 heterocycles. The van der Waals surface area contributed by atoms with Gasteiger partial charge in [0.05, 0.1) is 18.7 Å². The number of piperidine rings is 1. The maximum absolute atomic E-state index is 11.4. The maximum Gasteiger partial charge on any atom is 0.311 e. The zero-order valence-corrected chi connectivity index (χ0v) is 12.5. The molecule has 0 spiro atoms. The fourth-order valence-corrected chi connectivity index (χ4v) is 3.32. The molecule has 0 radical (unpaired) electrons. The Labute approximate surface area is 118 Å². The number of anilines is 1. The zero-order valence-electron chi connectivity index (χ0n) is 11.7. The highest BCUT2D eigenvalue weighted by Gasteiger charge is 2.21. The number of ether oxygens (including phenoxy) is 1. The van der Waals surface area contributed by atoms with Gasteiger partial charge in [0.2, 0.25) is 0 Å². The molecule has 106 valence electrons. The number of rotatable bonds is 5. The highest BCUT2D eigenvalue weighted by atomic mass is 32.1. The van der Waals surface area contributed by atoms with E-state index in [0.29, 0.717) is 6.61 Å². The Kier molecular flexibility index (Phi) is 5.19. The predicted octanol–water partition coefficient (Wildman–Crippen LogP) is 2.88. The first-order chi connectivity index (χ1) is 9.22. The van der Waals surface area contributed by atoms with Gasteiger partial charge in [-0.05, 0) is 25.7 Å². The molecule has 1 atom stereocenters. The van der Waals surface area contributed by atoms with Crippen molar-refractivity contribution in [2.75, 3.05) is 24.6 Å². The minimum absolute atomic E-state index is 0.190. The molecule has 1 saturated heterocycles. The van der Waals surface area contributed by atoms with Gasteiger partial charge in [-0.3, -0.25) is 4.79 Å². The third-order valence-electron chi connectivity index (χ3n) is 3.54. The molecule has 0 aliphatic carbocycles. The SMILES string of the molecule is CCOC(=O)Cc1csc(N2CCCC(CC)C2)n1. The van der Waals surface area contributed by atoms with E-state index in [9.17, 15) is 4.79 Å². The summed E-state index contributed by atoms with van der Waals surface area (Å²) in [5, 5.41) is 3.03. The summed E-state index contributed by atoms with van der Waals surface area (Å²) in [6.07, 6.45) is 4.09. The average Bonchev–Trinajstić information content (AvgIpc) is 2.87. The second-order valence-corrected chi connectivity index (χ2v) is 5.80. The van der Waals surface area contributed by atoms with E-state index < -0.39 is 0 Å². The summed E-state index contributed by atoms with van der Waals surface area (Å²) in [5.74, 6) is 0.593. The quantitative estimate of drug-likeness (QED) is 0.779. The van der Waals surface area contributed by atoms with Crippen LogP contribution < -0.4 is 4.90 Å². The van der Waals surface area contributed by atoms with Gasteiger partial charge in [0.25, 0.3) is 0 Å². The molecule has 1 aromatic rings. The van der Waals surface area contributed by atoms with Crippen LogP contribution in [-0.2, 0) is 16.0 Å². The van der Waals surface area contributed by atoms with Crippen LogP contribution in [0.5, 0.6) is 0 Å². The first-order valence-electron chi connectivity index (χ1n) is 7.07. The van der Waals surface area contributed by atoms with E-state index in [1.54, 1.807) is 11.3 Å². The number of esters is 1. The molecule has 1 aliphatic heterocycles. The molecular weight excluding hydrogens is 260 g/mol. The van der Waals surface area contributed by atoms with Gasteiger partial charge in [0.1, 0.15) is 0 Å². The minimum atomic E-state index is -0.190. The fraction of sp³-hybridized carbons (Fsp3) is 0.714. The van der Waals surface area contributed by atoms with Crippen LogP contribution in [0.15, 0.2) is 5.38 Å². The van der Waals surface area contributed by atoms with Crippen molar-refractivity contribution in [1.82, 2.24) is 4.98 Å². The highest BCUT2D eigenvalue weighted by Crippen LogP contribution is 2.27. The van der Waals surface area contributed by atoms with Crippen LogP contribution in [0.4, 0.5) is 5.13 Å². The number of thiazole rings is 1. The van der Waals surface area contributed by atoms with E-state index in [0.717, 1.165) is 29.8 Å². The molecule has 2 rings (SSSR count). The average molecular weight is 282 g/mol. The van der Waals surface area contributed by atoms with Crippen molar-refractivity contribution in [3.63, 3.8) is 0 Å². The molecule has 0 saturated carbocycles. The summed E-state index contributed by atoms with van der Waals surface area (Å²) >= 11 is 1.64. The Morgan fingerprint density at radius 2 is 2.42 bits per heavy atom. The number of nitrogens with zero attached hydrogens (tertiary/aromatic N) is 2. The summed E-state index contributed by atoms with van der Waals surface area (Å²) in [6.45, 7) is 6.69. The van der Waals surface area contributed by atoms with Gasteiger partial charge >= 0.3 is 5.97 Å². The number of carbonyl (C=O) groups excluding carboxylic acids is 1. The van der Waals surface area contributed by atoms with Crippen molar-refractivity contribution in [3.05, 3.63) is 11.1 Å². The van der Waals surface area contributed by atoms with E-state index >= 15 is 0 Å². The van der Waals surface area contributed by atoms with Gasteiger partial charge in [-0.2, -0.15) is 0 Å². The number of aromatic nitrogens is 1. The molecular formula is C14H22N2O2S. The monoisotopic (exact) mass is 282 g/mol. The lowest BCUT2D eigenvalue weighted by Crippen LogP contribution is -2.35. The Morgan fingerprint density at radius 1 is 1.58 bits per heavy atom. The molecule has 1 unspecified atom stereocenters. The van der Waals surface area contributed by atoms with Crippen LogP contribution in [0.3, 0.4) is 0 Å². The van der Waals surface area contributed by atoms with Crippen LogP contribution in [0, 0.1) is 5.92 Å². The topological polar surface area (TPSA) is 42.4 Å². The van der Waals surface area contributed by atoms with Crippen molar-refractivity contribution in [1.29, 1.82) is 0 Å². The summed E-state index contributed by atoms with van der Waals surface area (Å²) < 4.78 is 4.95. The third-order valence-corrected chi connectivity index (χ3v) is 4.49. The molecule has 0 bridgehead atoms. The smallest absolute Gasteiger partial charge is 0.311 e. The molecule has 0 aromatic carbocycles. The van der Waals surface area contributed by atoms with Crippen LogP contribution in [0.25, 0.3) is 0 Å². The van der Waals surface area contributed by atoms with Crippen molar-refractivity contribution < 1.29 is 9.53 Å². The van der Waals surface area contributed by atoms with Gasteiger partial charge in [-0.25, -0.2) is 4.98 Å². The van der Waals surface area contributed by atoms with Gasteiger partial charge in [-0.1, -0.05) is 13.3 Å². The van der Waals surface area contributed by atoms with Gasteiger partial charge in [-0.15, -0.1) is 11.3 Å². The fourth-order valence-electron chi connectivity index (χ4n) is 2.45. The molecule has 1 fully saturated rings. The van der Waals surface area contributed by atoms with E-state index in [-0.39, 0.29) is 12.4 Å². The highest BCUT2D eigenvalue weighted by molar-refractivity contribution is 7.13. The van der Waals surface area contributed by atoms with Crippen molar-refractivity contribution in [2.24, 2.45) is 5.92 Å². The van der Waals surface area contributed by atoms with Crippen molar-refractivity contribution >= 4 is 22.4 Å². The second kappa shape index (κ2) is 6.89. The summed E-state index contributed by atoms with van der Waals surface area (Å²) in [6, 6.07) is 0. The Balaban J connectivity index is 1.94. The molecule has 4 nitrogen and oxygen atoms in total. The van der Waals surface area contributed by atoms with E-state index in [2.05, 4.69) is 16.8 Å². The van der Waals surface area contributed by atoms with E-state index in [1.165, 1.54) is 19.3 Å². The largest absolute Gasteiger partial charge is 0.466 e. The Morgan fingerprint density at radius 3 is 3.16 bits per heavy atom. The molecule has 1 aliphatic rings. The summed E-state index contributed by atoms with van der Waals surface area (Å²) in [5.41, 5.74) is 0.831. The first kappa shape index (κ1) is 14.3. The zero-order chi connectivity index (χ0) is 13.7. The van der Waals surface area contributed by atoms with Gasteiger partial charge in [0.15, 0.2) is 5.13 Å². The molecule has 19 heavy (non-hydrogen) atoms. The molecule has 0 N–H and O–H groups in total.